The number of hydrogen-bond donors (Lipinski definition) is 0. The summed E-state index contributed by atoms with van der Waals surface area (Å²) in [6.07, 6.45) is 19.3. The molecule has 0 radical (unpaired) electrons. The molecule has 0 N–H and O–H groups in total. The molecule has 4 rings (SSSR count). The van der Waals surface area contributed by atoms with Crippen LogP contribution in [-0.2, 0) is 30.1 Å². The number of benzene rings is 1. The van der Waals surface area contributed by atoms with Gasteiger partial charge in [0.05, 0.1) is 19.8 Å². The number of hydrogen-bond acceptors (Lipinski definition) is 8. The van der Waals surface area contributed by atoms with Crippen LogP contribution >= 0.6 is 0 Å². The molecule has 3 aliphatic rings. The van der Waals surface area contributed by atoms with Gasteiger partial charge in [0.1, 0.15) is 17.1 Å². The van der Waals surface area contributed by atoms with Gasteiger partial charge in [0.15, 0.2) is 12.6 Å². The number of fused-ring (bicyclic) bond motifs is 1. The molecule has 5 unspecified atom stereocenters. The number of ether oxygens (including phenoxy) is 7. The lowest BCUT2D eigenvalue weighted by molar-refractivity contribution is -0.191. The quantitative estimate of drug-likeness (QED) is 0.0857. The van der Waals surface area contributed by atoms with Crippen molar-refractivity contribution in [2.24, 2.45) is 23.7 Å². The highest BCUT2D eigenvalue weighted by Crippen LogP contribution is 2.45. The van der Waals surface area contributed by atoms with Gasteiger partial charge in [-0.3, -0.25) is 0 Å². The maximum atomic E-state index is 13.0. The maximum Gasteiger partial charge on any atom is 0.513 e. The average Bonchev–Trinajstić information content (AvgIpc) is 3.14. The van der Waals surface area contributed by atoms with Gasteiger partial charge < -0.3 is 33.2 Å². The van der Waals surface area contributed by atoms with Gasteiger partial charge in [0.2, 0.25) is 0 Å². The standard InChI is InChI=1S/C45H76O8/c1-32(2)16-13-17-33(3)18-14-19-34(4)20-15-25-45(8)26-23-39-37(7)42(35(5)36(6)43(39)53-45)52-44(46)49-29-24-38(30-50-40-21-9-11-27-47-40)31-51-41-22-10-12-28-48-41/h32-34,38,40-41H,9-31H2,1-8H3. The summed E-state index contributed by atoms with van der Waals surface area (Å²) in [4.78, 5) is 13.0. The highest BCUT2D eigenvalue weighted by atomic mass is 16.7. The molecule has 3 heterocycles. The molecule has 0 amide bonds. The highest BCUT2D eigenvalue weighted by molar-refractivity contribution is 5.68. The largest absolute Gasteiger partial charge is 0.513 e. The fourth-order valence-electron chi connectivity index (χ4n) is 8.22. The van der Waals surface area contributed by atoms with Crippen molar-refractivity contribution in [1.29, 1.82) is 0 Å². The van der Waals surface area contributed by atoms with E-state index in [2.05, 4.69) is 41.5 Å². The van der Waals surface area contributed by atoms with Gasteiger partial charge in [-0.25, -0.2) is 4.79 Å². The first-order chi connectivity index (χ1) is 25.4. The van der Waals surface area contributed by atoms with Gasteiger partial charge >= 0.3 is 6.16 Å². The Kier molecular flexibility index (Phi) is 18.7. The molecule has 1 aromatic carbocycles. The first kappa shape index (κ1) is 43.9. The maximum absolute atomic E-state index is 13.0. The van der Waals surface area contributed by atoms with Gasteiger partial charge in [-0.15, -0.1) is 0 Å². The third-order valence-corrected chi connectivity index (χ3v) is 12.1. The summed E-state index contributed by atoms with van der Waals surface area (Å²) < 4.78 is 42.1. The molecule has 0 spiro atoms. The molecule has 2 fully saturated rings. The van der Waals surface area contributed by atoms with Crippen LogP contribution in [0, 0.1) is 44.4 Å². The predicted molar refractivity (Wildman–Crippen MR) is 212 cm³/mol. The SMILES string of the molecule is Cc1c(C)c2c(c(C)c1OC(=O)OCCC(COC1CCCCO1)COC1CCCCO1)CCC(C)(CCCC(C)CCCC(C)CCCC(C)C)O2. The van der Waals surface area contributed by atoms with Crippen LogP contribution in [0.5, 0.6) is 11.5 Å². The summed E-state index contributed by atoms with van der Waals surface area (Å²) in [5, 5.41) is 0. The Morgan fingerprint density at radius 1 is 0.755 bits per heavy atom. The minimum Gasteiger partial charge on any atom is -0.487 e. The highest BCUT2D eigenvalue weighted by Gasteiger charge is 2.35. The molecule has 304 valence electrons. The third kappa shape index (κ3) is 15.0. The van der Waals surface area contributed by atoms with Crippen molar-refractivity contribution in [3.05, 3.63) is 22.3 Å². The molecule has 0 saturated carbocycles. The third-order valence-electron chi connectivity index (χ3n) is 12.1. The zero-order chi connectivity index (χ0) is 38.2. The molecular formula is C45H76O8. The van der Waals surface area contributed by atoms with E-state index in [1.807, 2.05) is 13.8 Å². The van der Waals surface area contributed by atoms with Crippen LogP contribution in [0.1, 0.15) is 166 Å². The minimum absolute atomic E-state index is 0.0427. The van der Waals surface area contributed by atoms with Crippen LogP contribution < -0.4 is 9.47 Å². The van der Waals surface area contributed by atoms with E-state index < -0.39 is 6.16 Å². The van der Waals surface area contributed by atoms with E-state index in [-0.39, 0.29) is 30.7 Å². The Bertz CT molecular complexity index is 1200. The number of carbonyl (C=O) groups is 1. The Morgan fingerprint density at radius 3 is 1.91 bits per heavy atom. The van der Waals surface area contributed by atoms with Crippen molar-refractivity contribution < 1.29 is 38.0 Å². The second-order valence-corrected chi connectivity index (χ2v) is 17.5. The molecule has 0 aromatic heterocycles. The molecule has 0 bridgehead atoms. The van der Waals surface area contributed by atoms with Gasteiger partial charge in [-0.2, -0.15) is 0 Å². The van der Waals surface area contributed by atoms with E-state index in [0.717, 1.165) is 117 Å². The van der Waals surface area contributed by atoms with Crippen LogP contribution in [0.3, 0.4) is 0 Å². The molecule has 8 heteroatoms. The van der Waals surface area contributed by atoms with E-state index in [1.54, 1.807) is 0 Å². The topological polar surface area (TPSA) is 81.7 Å². The molecule has 2 saturated heterocycles. The molecule has 5 atom stereocenters. The summed E-state index contributed by atoms with van der Waals surface area (Å²) in [5.74, 6) is 4.03. The van der Waals surface area contributed by atoms with E-state index in [0.29, 0.717) is 25.4 Å². The van der Waals surface area contributed by atoms with E-state index in [4.69, 9.17) is 33.2 Å². The van der Waals surface area contributed by atoms with Crippen molar-refractivity contribution in [3.8, 4) is 11.5 Å². The lowest BCUT2D eigenvalue weighted by Crippen LogP contribution is -2.37. The van der Waals surface area contributed by atoms with Gasteiger partial charge in [-0.05, 0) is 133 Å². The first-order valence-electron chi connectivity index (χ1n) is 21.6. The average molecular weight is 745 g/mol. The van der Waals surface area contributed by atoms with Crippen LogP contribution in [0.2, 0.25) is 0 Å². The normalized spacial score (nSPS) is 23.6. The number of carbonyl (C=O) groups excluding carboxylic acids is 1. The van der Waals surface area contributed by atoms with Crippen LogP contribution in [0.25, 0.3) is 0 Å². The molecule has 1 aromatic rings. The second-order valence-electron chi connectivity index (χ2n) is 17.5. The predicted octanol–water partition coefficient (Wildman–Crippen LogP) is 11.7. The first-order valence-corrected chi connectivity index (χ1v) is 21.6. The van der Waals surface area contributed by atoms with Crippen molar-refractivity contribution in [2.45, 2.75) is 189 Å². The summed E-state index contributed by atoms with van der Waals surface area (Å²) >= 11 is 0. The summed E-state index contributed by atoms with van der Waals surface area (Å²) in [5.41, 5.74) is 3.90. The Morgan fingerprint density at radius 2 is 1.34 bits per heavy atom. The fraction of sp³-hybridized carbons (Fsp3) is 0.844. The van der Waals surface area contributed by atoms with Crippen molar-refractivity contribution in [2.75, 3.05) is 33.0 Å². The Hall–Kier alpha value is -1.87. The lowest BCUT2D eigenvalue weighted by atomic mass is 9.83. The molecule has 0 aliphatic carbocycles. The molecular weight excluding hydrogens is 668 g/mol. The van der Waals surface area contributed by atoms with Crippen LogP contribution in [0.4, 0.5) is 4.79 Å². The van der Waals surface area contributed by atoms with Gasteiger partial charge in [0, 0.05) is 24.7 Å². The molecule has 53 heavy (non-hydrogen) atoms. The number of rotatable bonds is 22. The van der Waals surface area contributed by atoms with Gasteiger partial charge in [0.25, 0.3) is 0 Å². The van der Waals surface area contributed by atoms with Crippen LogP contribution in [-0.4, -0.2) is 57.4 Å². The zero-order valence-corrected chi connectivity index (χ0v) is 35.0. The molecule has 3 aliphatic heterocycles. The summed E-state index contributed by atoms with van der Waals surface area (Å²) in [6.45, 7) is 20.6. The fourth-order valence-corrected chi connectivity index (χ4v) is 8.22. The van der Waals surface area contributed by atoms with E-state index >= 15 is 0 Å². The Labute approximate surface area is 323 Å². The van der Waals surface area contributed by atoms with Crippen molar-refractivity contribution >= 4 is 6.16 Å². The summed E-state index contributed by atoms with van der Waals surface area (Å²) in [6, 6.07) is 0. The second kappa shape index (κ2) is 22.6. The minimum atomic E-state index is -0.682. The smallest absolute Gasteiger partial charge is 0.487 e. The lowest BCUT2D eigenvalue weighted by Gasteiger charge is -2.38. The van der Waals surface area contributed by atoms with E-state index in [9.17, 15) is 4.79 Å². The monoisotopic (exact) mass is 745 g/mol. The van der Waals surface area contributed by atoms with Crippen molar-refractivity contribution in [1.82, 2.24) is 0 Å². The van der Waals surface area contributed by atoms with Crippen molar-refractivity contribution in [3.63, 3.8) is 0 Å². The zero-order valence-electron chi connectivity index (χ0n) is 35.0. The Balaban J connectivity index is 1.23. The molecule has 8 nitrogen and oxygen atoms in total. The van der Waals surface area contributed by atoms with Gasteiger partial charge in [-0.1, -0.05) is 72.6 Å². The van der Waals surface area contributed by atoms with Crippen LogP contribution in [0.15, 0.2) is 0 Å². The van der Waals surface area contributed by atoms with E-state index in [1.165, 1.54) is 51.4 Å². The summed E-state index contributed by atoms with van der Waals surface area (Å²) in [7, 11) is 0.